The number of furan rings is 1. The lowest BCUT2D eigenvalue weighted by Crippen LogP contribution is -2.20. The van der Waals surface area contributed by atoms with Crippen LogP contribution in [-0.4, -0.2) is 36.4 Å². The molecule has 30 heavy (non-hydrogen) atoms. The monoisotopic (exact) mass is 406 g/mol. The van der Waals surface area contributed by atoms with Gasteiger partial charge in [0.2, 0.25) is 5.91 Å². The van der Waals surface area contributed by atoms with Gasteiger partial charge in [0.1, 0.15) is 24.7 Å². The fourth-order valence-corrected chi connectivity index (χ4v) is 2.94. The zero-order chi connectivity index (χ0) is 20.9. The van der Waals surface area contributed by atoms with Gasteiger partial charge in [0.05, 0.1) is 18.2 Å². The number of nitrogens with one attached hydrogen (secondary N) is 1. The second-order valence-electron chi connectivity index (χ2n) is 6.53. The fraction of sp³-hybridized carbons (Fsp3) is 0.136. The Labute approximate surface area is 171 Å². The van der Waals surface area contributed by atoms with Crippen LogP contribution in [0.4, 0.5) is 0 Å². The van der Waals surface area contributed by atoms with Gasteiger partial charge in [0.15, 0.2) is 11.5 Å². The fourth-order valence-electron chi connectivity index (χ4n) is 2.94. The molecule has 1 aliphatic rings. The van der Waals surface area contributed by atoms with Crippen molar-refractivity contribution in [1.82, 2.24) is 5.43 Å². The maximum Gasteiger partial charge on any atom is 0.335 e. The van der Waals surface area contributed by atoms with Crippen molar-refractivity contribution in [3.8, 4) is 22.8 Å². The molecule has 152 valence electrons. The van der Waals surface area contributed by atoms with Crippen molar-refractivity contribution >= 4 is 18.1 Å². The topological polar surface area (TPSA) is 110 Å². The van der Waals surface area contributed by atoms with Crippen molar-refractivity contribution in [2.24, 2.45) is 5.10 Å². The number of benzene rings is 2. The first-order valence-corrected chi connectivity index (χ1v) is 9.22. The summed E-state index contributed by atoms with van der Waals surface area (Å²) in [7, 11) is 0. The second-order valence-corrected chi connectivity index (χ2v) is 6.53. The largest absolute Gasteiger partial charge is 0.486 e. The van der Waals surface area contributed by atoms with Gasteiger partial charge in [0, 0.05) is 5.56 Å². The van der Waals surface area contributed by atoms with Crippen LogP contribution in [0.2, 0.25) is 0 Å². The van der Waals surface area contributed by atoms with Crippen LogP contribution in [0.1, 0.15) is 21.7 Å². The summed E-state index contributed by atoms with van der Waals surface area (Å²) in [5.74, 6) is 1.06. The maximum atomic E-state index is 12.1. The van der Waals surface area contributed by atoms with Gasteiger partial charge in [0.25, 0.3) is 0 Å². The number of carboxylic acids is 1. The number of aromatic carboxylic acids is 1. The molecule has 0 aliphatic carbocycles. The number of amides is 1. The van der Waals surface area contributed by atoms with Gasteiger partial charge in [-0.1, -0.05) is 18.2 Å². The van der Waals surface area contributed by atoms with E-state index < -0.39 is 5.97 Å². The van der Waals surface area contributed by atoms with Crippen molar-refractivity contribution in [3.63, 3.8) is 0 Å². The highest BCUT2D eigenvalue weighted by Crippen LogP contribution is 2.30. The average molecular weight is 406 g/mol. The molecule has 1 aliphatic heterocycles. The number of hydrogen-bond donors (Lipinski definition) is 2. The molecule has 1 aromatic heterocycles. The molecule has 2 heterocycles. The van der Waals surface area contributed by atoms with E-state index in [1.807, 2.05) is 6.07 Å². The first-order chi connectivity index (χ1) is 14.6. The van der Waals surface area contributed by atoms with E-state index in [1.54, 1.807) is 36.4 Å². The Hall–Kier alpha value is -4.07. The highest BCUT2D eigenvalue weighted by Gasteiger charge is 2.13. The Bertz CT molecular complexity index is 1100. The summed E-state index contributed by atoms with van der Waals surface area (Å²) in [4.78, 5) is 23.0. The standard InChI is InChI=1S/C22H18N2O6/c25-21(12-14-1-7-19-20(11-14)29-10-9-28-19)24-23-13-17-6-8-18(30-17)15-2-4-16(5-3-15)22(26)27/h1-8,11,13H,9-10,12H2,(H,24,25)(H,26,27)/b23-13-. The minimum absolute atomic E-state index is 0.146. The molecule has 0 fully saturated rings. The van der Waals surface area contributed by atoms with E-state index in [2.05, 4.69) is 10.5 Å². The number of hydrazone groups is 1. The Morgan fingerprint density at radius 2 is 1.77 bits per heavy atom. The highest BCUT2D eigenvalue weighted by molar-refractivity contribution is 5.88. The van der Waals surface area contributed by atoms with Gasteiger partial charge in [-0.2, -0.15) is 5.10 Å². The van der Waals surface area contributed by atoms with Crippen molar-refractivity contribution in [2.45, 2.75) is 6.42 Å². The van der Waals surface area contributed by atoms with Crippen LogP contribution >= 0.6 is 0 Å². The van der Waals surface area contributed by atoms with Crippen LogP contribution in [0.5, 0.6) is 11.5 Å². The Morgan fingerprint density at radius 3 is 2.53 bits per heavy atom. The first kappa shape index (κ1) is 19.3. The molecular formula is C22H18N2O6. The normalized spacial score (nSPS) is 12.7. The Kier molecular flexibility index (Phi) is 5.47. The number of hydrogen-bond acceptors (Lipinski definition) is 6. The summed E-state index contributed by atoms with van der Waals surface area (Å²) in [6.45, 7) is 1.01. The lowest BCUT2D eigenvalue weighted by atomic mass is 10.1. The molecule has 3 aromatic rings. The molecule has 0 atom stereocenters. The number of carbonyl (C=O) groups is 2. The van der Waals surface area contributed by atoms with Crippen molar-refractivity contribution in [3.05, 3.63) is 71.5 Å². The molecule has 1 amide bonds. The summed E-state index contributed by atoms with van der Waals surface area (Å²) < 4.78 is 16.6. The van der Waals surface area contributed by atoms with Crippen molar-refractivity contribution in [2.75, 3.05) is 13.2 Å². The molecule has 0 saturated carbocycles. The lowest BCUT2D eigenvalue weighted by Gasteiger charge is -2.18. The maximum absolute atomic E-state index is 12.1. The molecular weight excluding hydrogens is 388 g/mol. The van der Waals surface area contributed by atoms with E-state index in [9.17, 15) is 9.59 Å². The van der Waals surface area contributed by atoms with Gasteiger partial charge < -0.3 is 19.0 Å². The lowest BCUT2D eigenvalue weighted by molar-refractivity contribution is -0.120. The molecule has 0 radical (unpaired) electrons. The van der Waals surface area contributed by atoms with Crippen molar-refractivity contribution < 1.29 is 28.6 Å². The van der Waals surface area contributed by atoms with E-state index >= 15 is 0 Å². The van der Waals surface area contributed by atoms with Gasteiger partial charge in [-0.3, -0.25) is 4.79 Å². The summed E-state index contributed by atoms with van der Waals surface area (Å²) in [6.07, 6.45) is 1.55. The molecule has 2 N–H and O–H groups in total. The zero-order valence-corrected chi connectivity index (χ0v) is 15.8. The minimum atomic E-state index is -0.985. The number of carboxylic acid groups (broad SMARTS) is 1. The summed E-state index contributed by atoms with van der Waals surface area (Å²) in [5, 5.41) is 12.9. The van der Waals surface area contributed by atoms with Crippen LogP contribution < -0.4 is 14.9 Å². The van der Waals surface area contributed by atoms with Gasteiger partial charge >= 0.3 is 5.97 Å². The quantitative estimate of drug-likeness (QED) is 0.481. The van der Waals surface area contributed by atoms with Crippen LogP contribution in [0.15, 0.2) is 64.1 Å². The minimum Gasteiger partial charge on any atom is -0.486 e. The Balaban J connectivity index is 1.33. The van der Waals surface area contributed by atoms with E-state index in [4.69, 9.17) is 19.0 Å². The first-order valence-electron chi connectivity index (χ1n) is 9.22. The molecule has 8 nitrogen and oxygen atoms in total. The molecule has 2 aromatic carbocycles. The number of nitrogens with zero attached hydrogens (tertiary/aromatic N) is 1. The summed E-state index contributed by atoms with van der Waals surface area (Å²) >= 11 is 0. The predicted molar refractivity (Wildman–Crippen MR) is 108 cm³/mol. The van der Waals surface area contributed by atoms with Crippen LogP contribution in [0.25, 0.3) is 11.3 Å². The summed E-state index contributed by atoms with van der Waals surface area (Å²) in [6, 6.07) is 15.2. The van der Waals surface area contributed by atoms with Crippen LogP contribution in [0.3, 0.4) is 0 Å². The van der Waals surface area contributed by atoms with E-state index in [1.165, 1.54) is 18.3 Å². The highest BCUT2D eigenvalue weighted by atomic mass is 16.6. The number of rotatable bonds is 6. The SMILES string of the molecule is O=C(Cc1ccc2c(c1)OCCO2)N/N=C\c1ccc(-c2ccc(C(=O)O)cc2)o1. The van der Waals surface area contributed by atoms with E-state index in [-0.39, 0.29) is 17.9 Å². The third kappa shape index (κ3) is 4.49. The smallest absolute Gasteiger partial charge is 0.335 e. The van der Waals surface area contributed by atoms with Gasteiger partial charge in [-0.15, -0.1) is 0 Å². The number of carbonyl (C=O) groups excluding carboxylic acids is 1. The molecule has 4 rings (SSSR count). The predicted octanol–water partition coefficient (Wildman–Crippen LogP) is 3.11. The Morgan fingerprint density at radius 1 is 1.00 bits per heavy atom. The number of ether oxygens (including phenoxy) is 2. The molecule has 0 saturated heterocycles. The molecule has 8 heteroatoms. The van der Waals surface area contributed by atoms with Crippen molar-refractivity contribution in [1.29, 1.82) is 0 Å². The van der Waals surface area contributed by atoms with Crippen LogP contribution in [-0.2, 0) is 11.2 Å². The van der Waals surface area contributed by atoms with Gasteiger partial charge in [-0.05, 0) is 42.0 Å². The zero-order valence-electron chi connectivity index (χ0n) is 15.8. The average Bonchev–Trinajstić information content (AvgIpc) is 3.22. The second kappa shape index (κ2) is 8.52. The van der Waals surface area contributed by atoms with Gasteiger partial charge in [-0.25, -0.2) is 10.2 Å². The van der Waals surface area contributed by atoms with E-state index in [0.717, 1.165) is 11.1 Å². The molecule has 0 bridgehead atoms. The molecule has 0 unspecified atom stereocenters. The van der Waals surface area contributed by atoms with E-state index in [0.29, 0.717) is 36.2 Å². The third-order valence-electron chi connectivity index (χ3n) is 4.40. The third-order valence-corrected chi connectivity index (χ3v) is 4.40. The summed E-state index contributed by atoms with van der Waals surface area (Å²) in [5.41, 5.74) is 4.19. The number of fused-ring (bicyclic) bond motifs is 1. The molecule has 0 spiro atoms. The van der Waals surface area contributed by atoms with Crippen LogP contribution in [0, 0.1) is 0 Å².